The van der Waals surface area contributed by atoms with Crippen molar-refractivity contribution in [2.45, 2.75) is 52.1 Å². The molecule has 6 heteroatoms. The highest BCUT2D eigenvalue weighted by Crippen LogP contribution is 2.46. The number of carbonyl (C=O) groups is 3. The number of ether oxygens (including phenoxy) is 2. The average Bonchev–Trinajstić information content (AvgIpc) is 2.60. The minimum absolute atomic E-state index is 0.130. The second-order valence-electron chi connectivity index (χ2n) is 7.08. The normalized spacial score (nSPS) is 27.9. The predicted octanol–water partition coefficient (Wildman–Crippen LogP) is 2.42. The van der Waals surface area contributed by atoms with Gasteiger partial charge in [0.1, 0.15) is 5.92 Å². The molecule has 1 fully saturated rings. The van der Waals surface area contributed by atoms with Crippen LogP contribution in [0.25, 0.3) is 0 Å². The van der Waals surface area contributed by atoms with E-state index in [0.29, 0.717) is 5.56 Å². The molecule has 0 spiro atoms. The summed E-state index contributed by atoms with van der Waals surface area (Å²) in [6, 6.07) is 7.40. The van der Waals surface area contributed by atoms with Crippen LogP contribution in [0.3, 0.4) is 0 Å². The lowest BCUT2D eigenvalue weighted by atomic mass is 9.61. The maximum Gasteiger partial charge on any atom is 0.317 e. The summed E-state index contributed by atoms with van der Waals surface area (Å²) in [5, 5.41) is 10.9. The maximum atomic E-state index is 12.7. The van der Waals surface area contributed by atoms with E-state index in [-0.39, 0.29) is 19.6 Å². The quantitative estimate of drug-likeness (QED) is 0.606. The molecule has 0 aromatic heterocycles. The van der Waals surface area contributed by atoms with E-state index in [4.69, 9.17) is 9.47 Å². The number of carbonyl (C=O) groups excluding carboxylic acids is 3. The van der Waals surface area contributed by atoms with E-state index < -0.39 is 41.1 Å². The van der Waals surface area contributed by atoms with Gasteiger partial charge in [0.15, 0.2) is 5.78 Å². The van der Waals surface area contributed by atoms with Crippen LogP contribution in [0, 0.1) is 11.8 Å². The van der Waals surface area contributed by atoms with Crippen molar-refractivity contribution in [1.82, 2.24) is 0 Å². The summed E-state index contributed by atoms with van der Waals surface area (Å²) in [6.45, 7) is 7.08. The largest absolute Gasteiger partial charge is 0.466 e. The molecule has 0 bridgehead atoms. The molecule has 6 nitrogen and oxygen atoms in total. The average molecular weight is 376 g/mol. The summed E-state index contributed by atoms with van der Waals surface area (Å²) >= 11 is 0. The zero-order valence-electron chi connectivity index (χ0n) is 16.4. The lowest BCUT2D eigenvalue weighted by Gasteiger charge is -2.43. The Kier molecular flexibility index (Phi) is 6.76. The van der Waals surface area contributed by atoms with Crippen molar-refractivity contribution in [2.75, 3.05) is 13.2 Å². The van der Waals surface area contributed by atoms with Crippen LogP contribution in [0.1, 0.15) is 51.2 Å². The van der Waals surface area contributed by atoms with Crippen LogP contribution in [0.4, 0.5) is 0 Å². The van der Waals surface area contributed by atoms with Gasteiger partial charge in [0.2, 0.25) is 0 Å². The molecule has 148 valence electrons. The first-order valence-corrected chi connectivity index (χ1v) is 9.43. The molecule has 2 rings (SSSR count). The van der Waals surface area contributed by atoms with Crippen molar-refractivity contribution in [3.63, 3.8) is 0 Å². The Labute approximate surface area is 159 Å². The highest BCUT2D eigenvalue weighted by Gasteiger charge is 2.57. The molecule has 0 heterocycles. The first-order valence-electron chi connectivity index (χ1n) is 9.43. The number of aryl methyl sites for hydroxylation is 1. The molecule has 0 radical (unpaired) electrons. The zero-order chi connectivity index (χ0) is 20.2. The third-order valence-corrected chi connectivity index (χ3v) is 5.12. The number of rotatable bonds is 6. The lowest BCUT2D eigenvalue weighted by molar-refractivity contribution is -0.172. The second kappa shape index (κ2) is 8.65. The highest BCUT2D eigenvalue weighted by atomic mass is 16.5. The molecule has 0 aliphatic heterocycles. The SMILES string of the molecule is CCOC(=O)[C@@H]1C(=O)C[C@](C)(O)[C@@H](C(=O)OCC)[C@@H]1c1ccc(CC)cc1. The Hall–Kier alpha value is -2.21. The standard InChI is InChI=1S/C21H28O6/c1-5-13-8-10-14(11-9-13)16-17(19(23)26-6-2)15(22)12-21(4,25)18(16)20(24)27-7-3/h8-11,16-18,25H,5-7,12H2,1-4H3/t16-,17-,18-,21+/m1/s1. The summed E-state index contributed by atoms with van der Waals surface area (Å²) in [5.41, 5.74) is 0.116. The van der Waals surface area contributed by atoms with E-state index in [9.17, 15) is 19.5 Å². The van der Waals surface area contributed by atoms with Gasteiger partial charge in [-0.3, -0.25) is 14.4 Å². The Morgan fingerprint density at radius 3 is 2.15 bits per heavy atom. The topological polar surface area (TPSA) is 89.9 Å². The first kappa shape index (κ1) is 21.1. The number of Topliss-reactive ketones (excluding diaryl/α,β-unsaturated/α-hetero) is 1. The highest BCUT2D eigenvalue weighted by molar-refractivity contribution is 6.02. The van der Waals surface area contributed by atoms with Gasteiger partial charge in [-0.15, -0.1) is 0 Å². The second-order valence-corrected chi connectivity index (χ2v) is 7.08. The van der Waals surface area contributed by atoms with E-state index in [1.165, 1.54) is 6.92 Å². The van der Waals surface area contributed by atoms with Crippen LogP contribution in [0.2, 0.25) is 0 Å². The molecule has 1 saturated carbocycles. The summed E-state index contributed by atoms with van der Waals surface area (Å²) in [5.74, 6) is -4.75. The van der Waals surface area contributed by atoms with Gasteiger partial charge in [0.05, 0.1) is 24.7 Å². The molecule has 0 saturated heterocycles. The van der Waals surface area contributed by atoms with Crippen LogP contribution in [0.5, 0.6) is 0 Å². The summed E-state index contributed by atoms with van der Waals surface area (Å²) in [6.07, 6.45) is 0.535. The van der Waals surface area contributed by atoms with Crippen LogP contribution < -0.4 is 0 Å². The van der Waals surface area contributed by atoms with Crippen LogP contribution in [-0.4, -0.2) is 41.6 Å². The van der Waals surface area contributed by atoms with Crippen molar-refractivity contribution in [1.29, 1.82) is 0 Å². The Bertz CT molecular complexity index is 691. The van der Waals surface area contributed by atoms with E-state index >= 15 is 0 Å². The molecule has 1 aliphatic carbocycles. The zero-order valence-corrected chi connectivity index (χ0v) is 16.4. The van der Waals surface area contributed by atoms with Crippen molar-refractivity contribution in [2.24, 2.45) is 11.8 Å². The molecular formula is C21H28O6. The van der Waals surface area contributed by atoms with Crippen LogP contribution >= 0.6 is 0 Å². The van der Waals surface area contributed by atoms with Gasteiger partial charge in [-0.1, -0.05) is 31.2 Å². The van der Waals surface area contributed by atoms with Gasteiger partial charge in [-0.2, -0.15) is 0 Å². The number of esters is 2. The number of ketones is 1. The Morgan fingerprint density at radius 2 is 1.63 bits per heavy atom. The van der Waals surface area contributed by atoms with Crippen molar-refractivity contribution < 1.29 is 29.0 Å². The van der Waals surface area contributed by atoms with Gasteiger partial charge >= 0.3 is 11.9 Å². The lowest BCUT2D eigenvalue weighted by Crippen LogP contribution is -2.55. The molecule has 1 aliphatic rings. The monoisotopic (exact) mass is 376 g/mol. The van der Waals surface area contributed by atoms with Crippen molar-refractivity contribution in [3.05, 3.63) is 35.4 Å². The molecule has 0 amide bonds. The maximum absolute atomic E-state index is 12.7. The number of hydrogen-bond donors (Lipinski definition) is 1. The first-order chi connectivity index (χ1) is 12.8. The van der Waals surface area contributed by atoms with Crippen LogP contribution in [0.15, 0.2) is 24.3 Å². The van der Waals surface area contributed by atoms with E-state index in [0.717, 1.165) is 12.0 Å². The molecule has 27 heavy (non-hydrogen) atoms. The number of aliphatic hydroxyl groups is 1. The minimum Gasteiger partial charge on any atom is -0.466 e. The minimum atomic E-state index is -1.61. The summed E-state index contributed by atoms with van der Waals surface area (Å²) in [7, 11) is 0. The molecular weight excluding hydrogens is 348 g/mol. The number of hydrogen-bond acceptors (Lipinski definition) is 6. The summed E-state index contributed by atoms with van der Waals surface area (Å²) < 4.78 is 10.3. The third-order valence-electron chi connectivity index (χ3n) is 5.12. The van der Waals surface area contributed by atoms with Gasteiger partial charge in [-0.05, 0) is 38.3 Å². The van der Waals surface area contributed by atoms with E-state index in [1.807, 2.05) is 19.1 Å². The van der Waals surface area contributed by atoms with Gasteiger partial charge < -0.3 is 14.6 Å². The van der Waals surface area contributed by atoms with Crippen molar-refractivity contribution in [3.8, 4) is 0 Å². The Balaban J connectivity index is 2.59. The molecule has 1 aromatic rings. The number of benzene rings is 1. The fourth-order valence-corrected chi connectivity index (χ4v) is 3.86. The van der Waals surface area contributed by atoms with Gasteiger partial charge in [-0.25, -0.2) is 0 Å². The fourth-order valence-electron chi connectivity index (χ4n) is 3.86. The predicted molar refractivity (Wildman–Crippen MR) is 99.1 cm³/mol. The Morgan fingerprint density at radius 1 is 1.07 bits per heavy atom. The molecule has 1 N–H and O–H groups in total. The van der Waals surface area contributed by atoms with Crippen LogP contribution in [-0.2, 0) is 30.3 Å². The van der Waals surface area contributed by atoms with E-state index in [2.05, 4.69) is 0 Å². The molecule has 0 unspecified atom stereocenters. The fraction of sp³-hybridized carbons (Fsp3) is 0.571. The van der Waals surface area contributed by atoms with Crippen molar-refractivity contribution >= 4 is 17.7 Å². The van der Waals surface area contributed by atoms with E-state index in [1.54, 1.807) is 26.0 Å². The summed E-state index contributed by atoms with van der Waals surface area (Å²) in [4.78, 5) is 38.0. The third kappa shape index (κ3) is 4.38. The van der Waals surface area contributed by atoms with Gasteiger partial charge in [0, 0.05) is 12.3 Å². The molecule has 4 atom stereocenters. The smallest absolute Gasteiger partial charge is 0.317 e. The van der Waals surface area contributed by atoms with Gasteiger partial charge in [0.25, 0.3) is 0 Å². The molecule has 1 aromatic carbocycles.